The average molecular weight is 527 g/mol. The lowest BCUT2D eigenvalue weighted by Gasteiger charge is -2.36. The van der Waals surface area contributed by atoms with E-state index in [0.29, 0.717) is 6.42 Å². The van der Waals surface area contributed by atoms with Crippen molar-refractivity contribution in [1.29, 1.82) is 0 Å². The van der Waals surface area contributed by atoms with E-state index < -0.39 is 23.5 Å². The molecule has 2 N–H and O–H groups in total. The van der Waals surface area contributed by atoms with Crippen molar-refractivity contribution >= 4 is 40.8 Å². The van der Waals surface area contributed by atoms with Crippen LogP contribution in [0.3, 0.4) is 0 Å². The number of rotatable bonds is 7. The minimum atomic E-state index is -4.83. The SMILES string of the molecule is COC(=O)CCc1ccc(CNC(=O)NC2=CC(Cl)=C(c3ccccc3)C(Cl)(C(F)(F)F)C2)cc1. The molecular formula is C25H23Cl2F3N2O3. The van der Waals surface area contributed by atoms with E-state index in [4.69, 9.17) is 23.2 Å². The van der Waals surface area contributed by atoms with Gasteiger partial charge in [0.2, 0.25) is 0 Å². The standard InChI is InChI=1S/C25H23Cl2F3N2O3/c1-35-21(33)12-11-16-7-9-17(10-8-16)15-31-23(34)32-19-13-20(26)22(18-5-3-2-4-6-18)24(27,14-19)25(28,29)30/h2-10,13H,11-12,14-15H2,1H3,(H2,31,32,34). The molecule has 1 aliphatic rings. The first-order chi connectivity index (χ1) is 16.5. The number of esters is 1. The Morgan fingerprint density at radius 2 is 1.69 bits per heavy atom. The molecule has 1 unspecified atom stereocenters. The maximum Gasteiger partial charge on any atom is 0.412 e. The number of carbonyl (C=O) groups excluding carboxylic acids is 2. The van der Waals surface area contributed by atoms with Crippen LogP contribution in [-0.4, -0.2) is 30.2 Å². The number of nitrogens with one attached hydrogen (secondary N) is 2. The summed E-state index contributed by atoms with van der Waals surface area (Å²) in [4.78, 5) is 20.8. The molecule has 5 nitrogen and oxygen atoms in total. The van der Waals surface area contributed by atoms with Gasteiger partial charge >= 0.3 is 18.2 Å². The molecule has 0 saturated carbocycles. The van der Waals surface area contributed by atoms with E-state index in [9.17, 15) is 22.8 Å². The number of halogens is 5. The predicted octanol–water partition coefficient (Wildman–Crippen LogP) is 6.07. The number of urea groups is 1. The van der Waals surface area contributed by atoms with E-state index in [0.717, 1.165) is 11.1 Å². The van der Waals surface area contributed by atoms with Crippen molar-refractivity contribution in [1.82, 2.24) is 10.6 Å². The predicted molar refractivity (Wildman–Crippen MR) is 129 cm³/mol. The van der Waals surface area contributed by atoms with Crippen LogP contribution in [0.15, 0.2) is 71.4 Å². The highest BCUT2D eigenvalue weighted by Gasteiger charge is 2.58. The molecule has 2 amide bonds. The molecule has 10 heteroatoms. The minimum Gasteiger partial charge on any atom is -0.469 e. The number of benzene rings is 2. The molecule has 2 aromatic rings. The van der Waals surface area contributed by atoms with Crippen LogP contribution in [0.25, 0.3) is 5.57 Å². The molecule has 0 bridgehead atoms. The second kappa shape index (κ2) is 11.2. The zero-order valence-corrected chi connectivity index (χ0v) is 20.2. The smallest absolute Gasteiger partial charge is 0.412 e. The maximum atomic E-state index is 14.1. The van der Waals surface area contributed by atoms with Crippen molar-refractivity contribution in [2.24, 2.45) is 0 Å². The van der Waals surface area contributed by atoms with Crippen LogP contribution in [0.2, 0.25) is 0 Å². The maximum absolute atomic E-state index is 14.1. The number of methoxy groups -OCH3 is 1. The van der Waals surface area contributed by atoms with Gasteiger partial charge < -0.3 is 15.4 Å². The van der Waals surface area contributed by atoms with Gasteiger partial charge in [0.05, 0.1) is 7.11 Å². The van der Waals surface area contributed by atoms with E-state index in [-0.39, 0.29) is 40.8 Å². The molecule has 0 saturated heterocycles. The Hall–Kier alpha value is -2.97. The Kier molecular flexibility index (Phi) is 8.51. The molecule has 35 heavy (non-hydrogen) atoms. The number of amides is 2. The summed E-state index contributed by atoms with van der Waals surface area (Å²) in [5, 5.41) is 4.83. The summed E-state index contributed by atoms with van der Waals surface area (Å²) >= 11 is 12.4. The Balaban J connectivity index is 1.67. The molecule has 2 aromatic carbocycles. The summed E-state index contributed by atoms with van der Waals surface area (Å²) in [5.41, 5.74) is 1.63. The molecule has 0 radical (unpaired) electrons. The molecule has 0 spiro atoms. The van der Waals surface area contributed by atoms with Crippen LogP contribution in [-0.2, 0) is 22.5 Å². The fourth-order valence-electron chi connectivity index (χ4n) is 3.65. The van der Waals surface area contributed by atoms with E-state index in [1.807, 2.05) is 12.1 Å². The molecule has 1 aliphatic carbocycles. The number of hydrogen-bond donors (Lipinski definition) is 2. The van der Waals surface area contributed by atoms with Crippen LogP contribution in [0.5, 0.6) is 0 Å². The minimum absolute atomic E-state index is 0.0577. The summed E-state index contributed by atoms with van der Waals surface area (Å²) in [6.45, 7) is 0.139. The Bertz CT molecular complexity index is 1130. The van der Waals surface area contributed by atoms with Crippen molar-refractivity contribution in [3.05, 3.63) is 88.1 Å². The van der Waals surface area contributed by atoms with Gasteiger partial charge in [0, 0.05) is 35.7 Å². The Morgan fingerprint density at radius 3 is 2.29 bits per heavy atom. The van der Waals surface area contributed by atoms with Crippen LogP contribution in [0.1, 0.15) is 29.5 Å². The number of hydrogen-bond acceptors (Lipinski definition) is 3. The lowest BCUT2D eigenvalue weighted by atomic mass is 9.83. The van der Waals surface area contributed by atoms with Gasteiger partial charge in [0.25, 0.3) is 0 Å². The lowest BCUT2D eigenvalue weighted by molar-refractivity contribution is -0.147. The van der Waals surface area contributed by atoms with Crippen molar-refractivity contribution in [2.45, 2.75) is 36.9 Å². The summed E-state index contributed by atoms with van der Waals surface area (Å²) < 4.78 is 46.8. The van der Waals surface area contributed by atoms with Gasteiger partial charge in [-0.1, -0.05) is 66.2 Å². The first-order valence-electron chi connectivity index (χ1n) is 10.6. The monoisotopic (exact) mass is 526 g/mol. The Morgan fingerprint density at radius 1 is 1.06 bits per heavy atom. The van der Waals surface area contributed by atoms with Gasteiger partial charge in [-0.15, -0.1) is 11.6 Å². The summed E-state index contributed by atoms with van der Waals surface area (Å²) in [5.74, 6) is -0.304. The van der Waals surface area contributed by atoms with Gasteiger partial charge in [-0.25, -0.2) is 4.79 Å². The zero-order chi connectivity index (χ0) is 25.6. The van der Waals surface area contributed by atoms with E-state index in [2.05, 4.69) is 15.4 Å². The van der Waals surface area contributed by atoms with Crippen molar-refractivity contribution in [3.63, 3.8) is 0 Å². The second-order valence-electron chi connectivity index (χ2n) is 7.93. The van der Waals surface area contributed by atoms with Gasteiger partial charge in [-0.3, -0.25) is 4.79 Å². The first kappa shape index (κ1) is 26.6. The largest absolute Gasteiger partial charge is 0.469 e. The van der Waals surface area contributed by atoms with Gasteiger partial charge in [0.15, 0.2) is 4.87 Å². The second-order valence-corrected chi connectivity index (χ2v) is 8.99. The van der Waals surface area contributed by atoms with Gasteiger partial charge in [0.1, 0.15) is 0 Å². The average Bonchev–Trinajstić information content (AvgIpc) is 2.81. The van der Waals surface area contributed by atoms with Gasteiger partial charge in [-0.2, -0.15) is 13.2 Å². The third kappa shape index (κ3) is 6.58. The topological polar surface area (TPSA) is 67.4 Å². The lowest BCUT2D eigenvalue weighted by Crippen LogP contribution is -2.46. The third-order valence-corrected chi connectivity index (χ3v) is 6.31. The fourth-order valence-corrected chi connectivity index (χ4v) is 4.46. The number of allylic oxidation sites excluding steroid dienone is 4. The highest BCUT2D eigenvalue weighted by atomic mass is 35.5. The van der Waals surface area contributed by atoms with Crippen LogP contribution in [0, 0.1) is 0 Å². The van der Waals surface area contributed by atoms with E-state index >= 15 is 0 Å². The van der Waals surface area contributed by atoms with Crippen LogP contribution in [0.4, 0.5) is 18.0 Å². The van der Waals surface area contributed by atoms with Crippen molar-refractivity contribution < 1.29 is 27.5 Å². The highest BCUT2D eigenvalue weighted by Crippen LogP contribution is 2.53. The van der Waals surface area contributed by atoms with Crippen molar-refractivity contribution in [3.8, 4) is 0 Å². The molecule has 0 heterocycles. The highest BCUT2D eigenvalue weighted by molar-refractivity contribution is 6.40. The third-order valence-electron chi connectivity index (χ3n) is 5.48. The van der Waals surface area contributed by atoms with Crippen molar-refractivity contribution in [2.75, 3.05) is 7.11 Å². The zero-order valence-electron chi connectivity index (χ0n) is 18.7. The molecule has 1 atom stereocenters. The Labute approximate surface area is 210 Å². The normalized spacial score (nSPS) is 18.1. The van der Waals surface area contributed by atoms with E-state index in [1.54, 1.807) is 30.3 Å². The molecule has 0 aliphatic heterocycles. The van der Waals surface area contributed by atoms with Gasteiger partial charge in [-0.05, 0) is 29.2 Å². The molecule has 0 fully saturated rings. The summed E-state index contributed by atoms with van der Waals surface area (Å²) in [6, 6.07) is 14.4. The molecule has 3 rings (SSSR count). The van der Waals surface area contributed by atoms with Crippen LogP contribution < -0.4 is 10.6 Å². The van der Waals surface area contributed by atoms with E-state index in [1.165, 1.54) is 25.3 Å². The van der Waals surface area contributed by atoms with Crippen LogP contribution >= 0.6 is 23.2 Å². The fraction of sp³-hybridized carbons (Fsp3) is 0.280. The quantitative estimate of drug-likeness (QED) is 0.340. The summed E-state index contributed by atoms with van der Waals surface area (Å²) in [6.07, 6.45) is -3.46. The first-order valence-corrected chi connectivity index (χ1v) is 11.4. The molecule has 186 valence electrons. The number of alkyl halides is 4. The number of aryl methyl sites for hydroxylation is 1. The summed E-state index contributed by atoms with van der Waals surface area (Å²) in [7, 11) is 1.33. The molecule has 0 aromatic heterocycles. The molecular weight excluding hydrogens is 504 g/mol. The number of carbonyl (C=O) groups is 2. The number of ether oxygens (including phenoxy) is 1.